The van der Waals surface area contributed by atoms with Crippen LogP contribution in [0.1, 0.15) is 30.3 Å². The summed E-state index contributed by atoms with van der Waals surface area (Å²) >= 11 is 0. The van der Waals surface area contributed by atoms with Gasteiger partial charge in [-0.1, -0.05) is 6.92 Å². The summed E-state index contributed by atoms with van der Waals surface area (Å²) in [6.07, 6.45) is 0.654. The van der Waals surface area contributed by atoms with Gasteiger partial charge in [0.15, 0.2) is 0 Å². The van der Waals surface area contributed by atoms with E-state index in [9.17, 15) is 9.18 Å². The van der Waals surface area contributed by atoms with Crippen LogP contribution < -0.4 is 10.1 Å². The van der Waals surface area contributed by atoms with Crippen LogP contribution in [-0.4, -0.2) is 27.7 Å². The molecule has 2 aromatic rings. The van der Waals surface area contributed by atoms with Crippen molar-refractivity contribution in [3.8, 4) is 5.75 Å². The van der Waals surface area contributed by atoms with Gasteiger partial charge in [0.05, 0.1) is 12.3 Å². The van der Waals surface area contributed by atoms with Gasteiger partial charge in [0.2, 0.25) is 5.82 Å². The van der Waals surface area contributed by atoms with Gasteiger partial charge in [-0.3, -0.25) is 9.89 Å². The van der Waals surface area contributed by atoms with E-state index >= 15 is 0 Å². The van der Waals surface area contributed by atoms with Gasteiger partial charge in [-0.15, -0.1) is 5.10 Å². The van der Waals surface area contributed by atoms with Crippen molar-refractivity contribution in [3.63, 3.8) is 0 Å². The van der Waals surface area contributed by atoms with Crippen LogP contribution in [0.15, 0.2) is 18.2 Å². The lowest BCUT2D eigenvalue weighted by Crippen LogP contribution is -2.15. The molecule has 2 rings (SSSR count). The van der Waals surface area contributed by atoms with Crippen molar-refractivity contribution < 1.29 is 13.9 Å². The Bertz CT molecular complexity index is 612. The third-order valence-corrected chi connectivity index (χ3v) is 2.56. The van der Waals surface area contributed by atoms with Crippen LogP contribution >= 0.6 is 0 Å². The van der Waals surface area contributed by atoms with Gasteiger partial charge >= 0.3 is 0 Å². The van der Waals surface area contributed by atoms with E-state index in [-0.39, 0.29) is 11.6 Å². The zero-order valence-electron chi connectivity index (χ0n) is 11.2. The number of aryl methyl sites for hydroxylation is 1. The Kier molecular flexibility index (Phi) is 4.29. The number of hydrogen-bond donors (Lipinski definition) is 2. The number of benzene rings is 1. The maximum atomic E-state index is 13.2. The second-order valence-corrected chi connectivity index (χ2v) is 3.99. The first-order chi connectivity index (χ1) is 9.63. The monoisotopic (exact) mass is 278 g/mol. The van der Waals surface area contributed by atoms with E-state index in [4.69, 9.17) is 4.74 Å². The van der Waals surface area contributed by atoms with Crippen LogP contribution in [0.3, 0.4) is 0 Å². The molecule has 0 aliphatic rings. The predicted molar refractivity (Wildman–Crippen MR) is 71.3 cm³/mol. The molecule has 1 aromatic carbocycles. The molecule has 0 atom stereocenters. The van der Waals surface area contributed by atoms with Crippen molar-refractivity contribution in [1.29, 1.82) is 0 Å². The van der Waals surface area contributed by atoms with E-state index in [1.54, 1.807) is 6.92 Å². The topological polar surface area (TPSA) is 79.9 Å². The molecule has 0 saturated carbocycles. The highest BCUT2D eigenvalue weighted by molar-refractivity contribution is 6.02. The number of nitrogens with one attached hydrogen (secondary N) is 2. The number of halogens is 1. The van der Waals surface area contributed by atoms with Crippen molar-refractivity contribution in [2.45, 2.75) is 20.3 Å². The second-order valence-electron chi connectivity index (χ2n) is 3.99. The molecule has 0 saturated heterocycles. The molecule has 2 N–H and O–H groups in total. The lowest BCUT2D eigenvalue weighted by atomic mass is 10.2. The van der Waals surface area contributed by atoms with Crippen molar-refractivity contribution >= 4 is 11.6 Å². The molecule has 106 valence electrons. The predicted octanol–water partition coefficient (Wildman–Crippen LogP) is 2.16. The summed E-state index contributed by atoms with van der Waals surface area (Å²) in [5.41, 5.74) is 0.376. The van der Waals surface area contributed by atoms with Crippen molar-refractivity contribution in [3.05, 3.63) is 35.7 Å². The van der Waals surface area contributed by atoms with Crippen LogP contribution in [0.2, 0.25) is 0 Å². The number of nitrogens with zero attached hydrogens (tertiary/aromatic N) is 2. The number of anilines is 1. The van der Waals surface area contributed by atoms with Gasteiger partial charge in [0.25, 0.3) is 5.91 Å². The van der Waals surface area contributed by atoms with Gasteiger partial charge < -0.3 is 10.1 Å². The largest absolute Gasteiger partial charge is 0.492 e. The summed E-state index contributed by atoms with van der Waals surface area (Å²) in [5.74, 6) is 0.0196. The van der Waals surface area contributed by atoms with Crippen LogP contribution in [0, 0.1) is 5.82 Å². The number of aromatic amines is 1. The second kappa shape index (κ2) is 6.14. The van der Waals surface area contributed by atoms with Gasteiger partial charge in [-0.05, 0) is 19.1 Å². The average molecular weight is 278 g/mol. The van der Waals surface area contributed by atoms with Crippen molar-refractivity contribution in [2.24, 2.45) is 0 Å². The maximum Gasteiger partial charge on any atom is 0.295 e. The number of carbonyl (C=O) groups is 1. The number of carbonyl (C=O) groups excluding carboxylic acids is 1. The summed E-state index contributed by atoms with van der Waals surface area (Å²) in [7, 11) is 0. The Morgan fingerprint density at radius 3 is 2.90 bits per heavy atom. The summed E-state index contributed by atoms with van der Waals surface area (Å²) < 4.78 is 18.4. The number of ether oxygens (including phenoxy) is 1. The molecule has 6 nitrogen and oxygen atoms in total. The van der Waals surface area contributed by atoms with Crippen LogP contribution in [0.5, 0.6) is 5.75 Å². The number of amides is 1. The summed E-state index contributed by atoms with van der Waals surface area (Å²) in [5, 5.41) is 9.07. The molecule has 0 bridgehead atoms. The highest BCUT2D eigenvalue weighted by Crippen LogP contribution is 2.25. The molecule has 0 spiro atoms. The Morgan fingerprint density at radius 1 is 1.45 bits per heavy atom. The van der Waals surface area contributed by atoms with Crippen LogP contribution in [-0.2, 0) is 6.42 Å². The van der Waals surface area contributed by atoms with Gasteiger partial charge in [-0.25, -0.2) is 9.37 Å². The lowest BCUT2D eigenvalue weighted by Gasteiger charge is -2.10. The first-order valence-electron chi connectivity index (χ1n) is 6.29. The first-order valence-corrected chi connectivity index (χ1v) is 6.29. The quantitative estimate of drug-likeness (QED) is 0.878. The zero-order valence-corrected chi connectivity index (χ0v) is 11.2. The molecule has 0 radical (unpaired) electrons. The Balaban J connectivity index is 2.18. The number of rotatable bonds is 5. The van der Waals surface area contributed by atoms with Crippen LogP contribution in [0.4, 0.5) is 10.1 Å². The SMILES string of the molecule is CCOc1cc(F)ccc1NC(=O)c1n[nH]c(CC)n1. The Hall–Kier alpha value is -2.44. The molecule has 0 fully saturated rings. The molecule has 1 amide bonds. The van der Waals surface area contributed by atoms with E-state index < -0.39 is 11.7 Å². The van der Waals surface area contributed by atoms with E-state index in [2.05, 4.69) is 20.5 Å². The van der Waals surface area contributed by atoms with E-state index in [0.29, 0.717) is 24.5 Å². The molecule has 0 unspecified atom stereocenters. The molecule has 0 aliphatic carbocycles. The average Bonchev–Trinajstić information content (AvgIpc) is 2.91. The summed E-state index contributed by atoms with van der Waals surface area (Å²) in [6, 6.07) is 3.90. The Morgan fingerprint density at radius 2 is 2.25 bits per heavy atom. The summed E-state index contributed by atoms with van der Waals surface area (Å²) in [6.45, 7) is 4.04. The van der Waals surface area contributed by atoms with E-state index in [0.717, 1.165) is 0 Å². The van der Waals surface area contributed by atoms with Crippen molar-refractivity contribution in [1.82, 2.24) is 15.2 Å². The third-order valence-electron chi connectivity index (χ3n) is 2.56. The Labute approximate surface area is 115 Å². The normalized spacial score (nSPS) is 10.3. The minimum Gasteiger partial charge on any atom is -0.492 e. The molecular formula is C13H15FN4O2. The fourth-order valence-electron chi connectivity index (χ4n) is 1.61. The molecule has 20 heavy (non-hydrogen) atoms. The van der Waals surface area contributed by atoms with E-state index in [1.165, 1.54) is 18.2 Å². The highest BCUT2D eigenvalue weighted by atomic mass is 19.1. The van der Waals surface area contributed by atoms with Gasteiger partial charge in [-0.2, -0.15) is 0 Å². The molecule has 1 aromatic heterocycles. The van der Waals surface area contributed by atoms with Crippen molar-refractivity contribution in [2.75, 3.05) is 11.9 Å². The molecular weight excluding hydrogens is 263 g/mol. The molecule has 0 aliphatic heterocycles. The van der Waals surface area contributed by atoms with Gasteiger partial charge in [0, 0.05) is 12.5 Å². The van der Waals surface area contributed by atoms with E-state index in [1.807, 2.05) is 6.92 Å². The standard InChI is InChI=1S/C13H15FN4O2/c1-3-11-16-12(18-17-11)13(19)15-9-6-5-8(14)7-10(9)20-4-2/h5-7H,3-4H2,1-2H3,(H,15,19)(H,16,17,18). The smallest absolute Gasteiger partial charge is 0.295 e. The van der Waals surface area contributed by atoms with Gasteiger partial charge in [0.1, 0.15) is 17.4 Å². The fraction of sp³-hybridized carbons (Fsp3) is 0.308. The number of hydrogen-bond acceptors (Lipinski definition) is 4. The minimum atomic E-state index is -0.478. The fourth-order valence-corrected chi connectivity index (χ4v) is 1.61. The lowest BCUT2D eigenvalue weighted by molar-refractivity contribution is 0.101. The minimum absolute atomic E-state index is 0.0358. The number of aromatic nitrogens is 3. The van der Waals surface area contributed by atoms with Crippen LogP contribution in [0.25, 0.3) is 0 Å². The maximum absolute atomic E-state index is 13.2. The number of H-pyrrole nitrogens is 1. The highest BCUT2D eigenvalue weighted by Gasteiger charge is 2.15. The molecule has 7 heteroatoms. The first kappa shape index (κ1) is 14.0. The summed E-state index contributed by atoms with van der Waals surface area (Å²) in [4.78, 5) is 16.0. The molecule has 1 heterocycles. The zero-order chi connectivity index (χ0) is 14.5. The third kappa shape index (κ3) is 3.11.